The summed E-state index contributed by atoms with van der Waals surface area (Å²) in [7, 11) is 0. The number of benzene rings is 1. The van der Waals surface area contributed by atoms with Crippen molar-refractivity contribution in [2.45, 2.75) is 67.2 Å². The first kappa shape index (κ1) is 20.1. The SMILES string of the molecule is CC(Cc1nn(-c2cccc(Cl)c2)c2c1C(=O)CC(C)(C)C2)CC(C)(C)C. The third kappa shape index (κ3) is 4.63. The normalized spacial score (nSPS) is 17.7. The number of ketones is 1. The molecule has 3 nitrogen and oxygen atoms in total. The summed E-state index contributed by atoms with van der Waals surface area (Å²) >= 11 is 6.22. The molecular weight excluding hydrogens is 356 g/mol. The Morgan fingerprint density at radius 1 is 1.26 bits per heavy atom. The number of hydrogen-bond donors (Lipinski definition) is 0. The Hall–Kier alpha value is -1.61. The van der Waals surface area contributed by atoms with E-state index in [0.29, 0.717) is 17.4 Å². The predicted octanol–water partition coefficient (Wildman–Crippen LogP) is 6.30. The molecule has 0 saturated heterocycles. The number of fused-ring (bicyclic) bond motifs is 1. The molecule has 0 bridgehead atoms. The lowest BCUT2D eigenvalue weighted by molar-refractivity contribution is 0.0909. The molecule has 0 spiro atoms. The molecule has 1 aliphatic carbocycles. The molecule has 1 aliphatic rings. The minimum atomic E-state index is -0.0469. The van der Waals surface area contributed by atoms with Crippen LogP contribution in [0.2, 0.25) is 5.02 Å². The van der Waals surface area contributed by atoms with E-state index in [4.69, 9.17) is 16.7 Å². The van der Waals surface area contributed by atoms with Gasteiger partial charge in [0.1, 0.15) is 0 Å². The first-order chi connectivity index (χ1) is 12.5. The van der Waals surface area contributed by atoms with Crippen molar-refractivity contribution >= 4 is 17.4 Å². The standard InChI is InChI=1S/C23H31ClN2O/c1-15(12-22(2,3)4)10-18-21-19(13-23(5,6)14-20(21)27)26(25-18)17-9-7-8-16(24)11-17/h7-9,11,15H,10,12-14H2,1-6H3. The van der Waals surface area contributed by atoms with E-state index >= 15 is 0 Å². The number of carbonyl (C=O) groups is 1. The van der Waals surface area contributed by atoms with Gasteiger partial charge in [-0.3, -0.25) is 4.79 Å². The molecule has 1 heterocycles. The molecule has 1 unspecified atom stereocenters. The van der Waals surface area contributed by atoms with Crippen LogP contribution in [0, 0.1) is 16.7 Å². The van der Waals surface area contributed by atoms with Crippen LogP contribution in [0.25, 0.3) is 5.69 Å². The van der Waals surface area contributed by atoms with Crippen molar-refractivity contribution in [3.8, 4) is 5.69 Å². The van der Waals surface area contributed by atoms with Gasteiger partial charge in [0.05, 0.1) is 22.6 Å². The first-order valence-corrected chi connectivity index (χ1v) is 10.2. The van der Waals surface area contributed by atoms with Gasteiger partial charge in [-0.2, -0.15) is 5.10 Å². The van der Waals surface area contributed by atoms with Crippen molar-refractivity contribution in [2.75, 3.05) is 0 Å². The van der Waals surface area contributed by atoms with Crippen LogP contribution in [-0.2, 0) is 12.8 Å². The van der Waals surface area contributed by atoms with Crippen LogP contribution < -0.4 is 0 Å². The molecule has 1 atom stereocenters. The molecule has 0 amide bonds. The summed E-state index contributed by atoms with van der Waals surface area (Å²) in [6, 6.07) is 7.72. The highest BCUT2D eigenvalue weighted by Crippen LogP contribution is 2.38. The molecule has 0 aliphatic heterocycles. The number of halogens is 1. The number of Topliss-reactive ketones (excluding diaryl/α,β-unsaturated/α-hetero) is 1. The quantitative estimate of drug-likeness (QED) is 0.618. The number of rotatable bonds is 4. The van der Waals surface area contributed by atoms with E-state index in [1.54, 1.807) is 0 Å². The highest BCUT2D eigenvalue weighted by atomic mass is 35.5. The van der Waals surface area contributed by atoms with Crippen molar-refractivity contribution in [1.82, 2.24) is 9.78 Å². The second-order valence-corrected chi connectivity index (χ2v) is 10.6. The number of aromatic nitrogens is 2. The van der Waals surface area contributed by atoms with Crippen LogP contribution in [0.4, 0.5) is 0 Å². The van der Waals surface area contributed by atoms with Gasteiger partial charge < -0.3 is 0 Å². The summed E-state index contributed by atoms with van der Waals surface area (Å²) in [4.78, 5) is 13.0. The van der Waals surface area contributed by atoms with E-state index in [-0.39, 0.29) is 16.6 Å². The zero-order valence-electron chi connectivity index (χ0n) is 17.4. The first-order valence-electron chi connectivity index (χ1n) is 9.85. The van der Waals surface area contributed by atoms with Crippen LogP contribution in [0.5, 0.6) is 0 Å². The minimum Gasteiger partial charge on any atom is -0.294 e. The third-order valence-corrected chi connectivity index (χ3v) is 5.41. The van der Waals surface area contributed by atoms with Crippen LogP contribution in [-0.4, -0.2) is 15.6 Å². The zero-order chi connectivity index (χ0) is 20.0. The molecule has 0 N–H and O–H groups in total. The molecule has 1 aromatic carbocycles. The number of nitrogens with zero attached hydrogens (tertiary/aromatic N) is 2. The number of carbonyl (C=O) groups excluding carboxylic acids is 1. The van der Waals surface area contributed by atoms with E-state index in [1.165, 1.54) is 0 Å². The average molecular weight is 387 g/mol. The fraction of sp³-hybridized carbons (Fsp3) is 0.565. The summed E-state index contributed by atoms with van der Waals surface area (Å²) in [6.45, 7) is 13.4. The molecule has 0 radical (unpaired) electrons. The Morgan fingerprint density at radius 2 is 1.96 bits per heavy atom. The van der Waals surface area contributed by atoms with Gasteiger partial charge in [0.15, 0.2) is 5.78 Å². The molecular formula is C23H31ClN2O. The molecule has 0 fully saturated rings. The van der Waals surface area contributed by atoms with Crippen molar-refractivity contribution in [2.24, 2.45) is 16.7 Å². The van der Waals surface area contributed by atoms with E-state index in [1.807, 2.05) is 28.9 Å². The predicted molar refractivity (Wildman–Crippen MR) is 112 cm³/mol. The van der Waals surface area contributed by atoms with Gasteiger partial charge in [-0.05, 0) is 54.2 Å². The number of hydrogen-bond acceptors (Lipinski definition) is 2. The molecule has 146 valence electrons. The maximum absolute atomic E-state index is 13.0. The van der Waals surface area contributed by atoms with E-state index in [2.05, 4.69) is 41.5 Å². The second-order valence-electron chi connectivity index (χ2n) is 10.2. The molecule has 2 aromatic rings. The van der Waals surface area contributed by atoms with Gasteiger partial charge in [-0.25, -0.2) is 4.68 Å². The van der Waals surface area contributed by atoms with Crippen LogP contribution >= 0.6 is 11.6 Å². The smallest absolute Gasteiger partial charge is 0.167 e. The van der Waals surface area contributed by atoms with Crippen LogP contribution in [0.15, 0.2) is 24.3 Å². The topological polar surface area (TPSA) is 34.9 Å². The van der Waals surface area contributed by atoms with Crippen LogP contribution in [0.3, 0.4) is 0 Å². The summed E-state index contributed by atoms with van der Waals surface area (Å²) in [5.74, 6) is 0.701. The summed E-state index contributed by atoms with van der Waals surface area (Å²) in [5.41, 5.74) is 3.99. The fourth-order valence-corrected chi connectivity index (χ4v) is 4.62. The van der Waals surface area contributed by atoms with Crippen molar-refractivity contribution < 1.29 is 4.79 Å². The zero-order valence-corrected chi connectivity index (χ0v) is 18.2. The Bertz CT molecular complexity index is 858. The van der Waals surface area contributed by atoms with Crippen LogP contribution in [0.1, 0.15) is 76.1 Å². The van der Waals surface area contributed by atoms with Gasteiger partial charge >= 0.3 is 0 Å². The average Bonchev–Trinajstić information content (AvgIpc) is 2.82. The minimum absolute atomic E-state index is 0.0469. The third-order valence-electron chi connectivity index (χ3n) is 5.17. The van der Waals surface area contributed by atoms with Gasteiger partial charge in [0.25, 0.3) is 0 Å². The van der Waals surface area contributed by atoms with Gasteiger partial charge in [-0.1, -0.05) is 59.2 Å². The molecule has 27 heavy (non-hydrogen) atoms. The van der Waals surface area contributed by atoms with E-state index < -0.39 is 0 Å². The molecule has 1 aromatic heterocycles. The highest BCUT2D eigenvalue weighted by molar-refractivity contribution is 6.30. The maximum atomic E-state index is 13.0. The Kier molecular flexibility index (Phi) is 5.28. The van der Waals surface area contributed by atoms with E-state index in [9.17, 15) is 4.79 Å². The van der Waals surface area contributed by atoms with Gasteiger partial charge in [0.2, 0.25) is 0 Å². The largest absolute Gasteiger partial charge is 0.294 e. The van der Waals surface area contributed by atoms with Crippen molar-refractivity contribution in [3.05, 3.63) is 46.2 Å². The second kappa shape index (κ2) is 7.09. The summed E-state index contributed by atoms with van der Waals surface area (Å²) < 4.78 is 1.96. The summed E-state index contributed by atoms with van der Waals surface area (Å²) in [6.07, 6.45) is 3.37. The Labute approximate surface area is 168 Å². The monoisotopic (exact) mass is 386 g/mol. The Balaban J connectivity index is 2.06. The highest BCUT2D eigenvalue weighted by Gasteiger charge is 2.37. The lowest BCUT2D eigenvalue weighted by Gasteiger charge is -2.29. The maximum Gasteiger partial charge on any atom is 0.167 e. The Morgan fingerprint density at radius 3 is 2.59 bits per heavy atom. The molecule has 4 heteroatoms. The molecule has 0 saturated carbocycles. The lowest BCUT2D eigenvalue weighted by Crippen LogP contribution is -2.28. The summed E-state index contributed by atoms with van der Waals surface area (Å²) in [5, 5.41) is 5.61. The van der Waals surface area contributed by atoms with Gasteiger partial charge in [0, 0.05) is 11.4 Å². The lowest BCUT2D eigenvalue weighted by atomic mass is 9.75. The molecule has 3 rings (SSSR count). The van der Waals surface area contributed by atoms with Gasteiger partial charge in [-0.15, -0.1) is 0 Å². The van der Waals surface area contributed by atoms with E-state index in [0.717, 1.165) is 41.9 Å². The fourth-order valence-electron chi connectivity index (χ4n) is 4.44. The van der Waals surface area contributed by atoms with Crippen molar-refractivity contribution in [3.63, 3.8) is 0 Å². The van der Waals surface area contributed by atoms with Crippen molar-refractivity contribution in [1.29, 1.82) is 0 Å².